The van der Waals surface area contributed by atoms with Crippen molar-refractivity contribution in [3.05, 3.63) is 16.1 Å². The lowest BCUT2D eigenvalue weighted by Crippen LogP contribution is -2.17. The van der Waals surface area contributed by atoms with Crippen molar-refractivity contribution in [2.45, 2.75) is 31.7 Å². The first-order valence-corrected chi connectivity index (χ1v) is 6.98. The van der Waals surface area contributed by atoms with Gasteiger partial charge in [0, 0.05) is 5.38 Å². The first-order valence-electron chi connectivity index (χ1n) is 6.10. The summed E-state index contributed by atoms with van der Waals surface area (Å²) < 4.78 is 0. The second-order valence-electron chi connectivity index (χ2n) is 4.52. The van der Waals surface area contributed by atoms with Gasteiger partial charge in [-0.15, -0.1) is 11.3 Å². The Morgan fingerprint density at radius 1 is 1.62 bits per heavy atom. The van der Waals surface area contributed by atoms with Crippen LogP contribution in [0.5, 0.6) is 0 Å². The molecule has 16 heavy (non-hydrogen) atoms. The van der Waals surface area contributed by atoms with E-state index in [0.29, 0.717) is 6.04 Å². The molecule has 4 heteroatoms. The minimum atomic E-state index is 0.586. The van der Waals surface area contributed by atoms with Crippen molar-refractivity contribution in [2.75, 3.05) is 27.2 Å². The van der Waals surface area contributed by atoms with Crippen molar-refractivity contribution in [1.29, 1.82) is 0 Å². The van der Waals surface area contributed by atoms with E-state index in [1.165, 1.54) is 36.5 Å². The Bertz CT molecular complexity index is 324. The first-order chi connectivity index (χ1) is 7.81. The molecule has 90 valence electrons. The largest absolute Gasteiger partial charge is 0.320 e. The molecule has 0 bridgehead atoms. The Kier molecular flexibility index (Phi) is 4.32. The molecule has 1 aliphatic heterocycles. The van der Waals surface area contributed by atoms with Crippen molar-refractivity contribution in [1.82, 2.24) is 15.2 Å². The lowest BCUT2D eigenvalue weighted by atomic mass is 10.2. The van der Waals surface area contributed by atoms with Gasteiger partial charge >= 0.3 is 0 Å². The fourth-order valence-electron chi connectivity index (χ4n) is 2.26. The van der Waals surface area contributed by atoms with E-state index in [-0.39, 0.29) is 0 Å². The second kappa shape index (κ2) is 5.75. The average molecular weight is 239 g/mol. The fraction of sp³-hybridized carbons (Fsp3) is 0.750. The Labute approximate surface area is 102 Å². The molecule has 3 nitrogen and oxygen atoms in total. The molecule has 0 aromatic carbocycles. The molecule has 1 saturated heterocycles. The summed E-state index contributed by atoms with van der Waals surface area (Å²) >= 11 is 1.84. The summed E-state index contributed by atoms with van der Waals surface area (Å²) in [5.74, 6) is 0. The van der Waals surface area contributed by atoms with E-state index in [9.17, 15) is 0 Å². The van der Waals surface area contributed by atoms with E-state index >= 15 is 0 Å². The molecular formula is C12H21N3S. The normalized spacial score (nSPS) is 21.8. The Hall–Kier alpha value is -0.450. The van der Waals surface area contributed by atoms with Crippen molar-refractivity contribution in [3.63, 3.8) is 0 Å². The number of nitrogens with zero attached hydrogens (tertiary/aromatic N) is 2. The van der Waals surface area contributed by atoms with Gasteiger partial charge in [-0.1, -0.05) is 0 Å². The average Bonchev–Trinajstić information content (AvgIpc) is 2.87. The molecule has 1 N–H and O–H groups in total. The third-order valence-electron chi connectivity index (χ3n) is 3.23. The number of hydrogen-bond acceptors (Lipinski definition) is 4. The molecule has 1 aliphatic rings. The number of nitrogens with one attached hydrogen (secondary N) is 1. The zero-order valence-corrected chi connectivity index (χ0v) is 11.0. The van der Waals surface area contributed by atoms with E-state index in [4.69, 9.17) is 4.98 Å². The smallest absolute Gasteiger partial charge is 0.110 e. The van der Waals surface area contributed by atoms with Crippen LogP contribution in [-0.4, -0.2) is 37.1 Å². The summed E-state index contributed by atoms with van der Waals surface area (Å²) in [5, 5.41) is 6.73. The summed E-state index contributed by atoms with van der Waals surface area (Å²) in [5.41, 5.74) is 1.27. The number of thiazole rings is 1. The SMILES string of the molecule is CNCCCc1csc(C2CCCN2C)n1. The summed E-state index contributed by atoms with van der Waals surface area (Å²) in [4.78, 5) is 7.19. The molecule has 2 heterocycles. The van der Waals surface area contributed by atoms with Gasteiger partial charge in [-0.3, -0.25) is 4.90 Å². The number of aromatic nitrogens is 1. The second-order valence-corrected chi connectivity index (χ2v) is 5.41. The number of likely N-dealkylation sites (tertiary alicyclic amines) is 1. The molecule has 1 fully saturated rings. The number of hydrogen-bond donors (Lipinski definition) is 1. The summed E-state index contributed by atoms with van der Waals surface area (Å²) in [7, 11) is 4.21. The van der Waals surface area contributed by atoms with E-state index in [0.717, 1.165) is 13.0 Å². The van der Waals surface area contributed by atoms with Crippen LogP contribution in [0.3, 0.4) is 0 Å². The third-order valence-corrected chi connectivity index (χ3v) is 4.23. The number of rotatable bonds is 5. The molecule has 0 aliphatic carbocycles. The van der Waals surface area contributed by atoms with Gasteiger partial charge in [0.25, 0.3) is 0 Å². The number of aryl methyl sites for hydroxylation is 1. The zero-order chi connectivity index (χ0) is 11.4. The molecule has 0 saturated carbocycles. The van der Waals surface area contributed by atoms with Crippen LogP contribution in [0.25, 0.3) is 0 Å². The van der Waals surface area contributed by atoms with E-state index in [1.54, 1.807) is 0 Å². The maximum absolute atomic E-state index is 4.76. The third kappa shape index (κ3) is 2.81. The molecule has 1 aromatic rings. The van der Waals surface area contributed by atoms with Gasteiger partial charge in [0.2, 0.25) is 0 Å². The predicted molar refractivity (Wildman–Crippen MR) is 69.0 cm³/mol. The van der Waals surface area contributed by atoms with Gasteiger partial charge in [0.05, 0.1) is 11.7 Å². The molecule has 1 aromatic heterocycles. The van der Waals surface area contributed by atoms with Gasteiger partial charge < -0.3 is 5.32 Å². The first kappa shape index (κ1) is 12.0. The van der Waals surface area contributed by atoms with Crippen molar-refractivity contribution in [3.8, 4) is 0 Å². The van der Waals surface area contributed by atoms with Crippen LogP contribution in [0.1, 0.15) is 36.0 Å². The molecular weight excluding hydrogens is 218 g/mol. The molecule has 2 rings (SSSR count). The van der Waals surface area contributed by atoms with E-state index in [2.05, 4.69) is 22.6 Å². The zero-order valence-electron chi connectivity index (χ0n) is 10.2. The van der Waals surface area contributed by atoms with Crippen LogP contribution in [0.4, 0.5) is 0 Å². The highest BCUT2D eigenvalue weighted by atomic mass is 32.1. The molecule has 1 atom stereocenters. The van der Waals surface area contributed by atoms with Crippen molar-refractivity contribution >= 4 is 11.3 Å². The minimum absolute atomic E-state index is 0.586. The maximum Gasteiger partial charge on any atom is 0.110 e. The van der Waals surface area contributed by atoms with Gasteiger partial charge in [-0.2, -0.15) is 0 Å². The highest BCUT2D eigenvalue weighted by molar-refractivity contribution is 7.09. The van der Waals surface area contributed by atoms with E-state index in [1.807, 2.05) is 18.4 Å². The molecule has 0 amide bonds. The van der Waals surface area contributed by atoms with Crippen LogP contribution in [-0.2, 0) is 6.42 Å². The molecule has 0 radical (unpaired) electrons. The Morgan fingerprint density at radius 2 is 2.50 bits per heavy atom. The van der Waals surface area contributed by atoms with Crippen LogP contribution in [0.15, 0.2) is 5.38 Å². The van der Waals surface area contributed by atoms with E-state index < -0.39 is 0 Å². The maximum atomic E-state index is 4.76. The topological polar surface area (TPSA) is 28.2 Å². The monoisotopic (exact) mass is 239 g/mol. The highest BCUT2D eigenvalue weighted by Gasteiger charge is 2.24. The van der Waals surface area contributed by atoms with Crippen LogP contribution >= 0.6 is 11.3 Å². The highest BCUT2D eigenvalue weighted by Crippen LogP contribution is 2.32. The van der Waals surface area contributed by atoms with Crippen molar-refractivity contribution < 1.29 is 0 Å². The minimum Gasteiger partial charge on any atom is -0.320 e. The summed E-state index contributed by atoms with van der Waals surface area (Å²) in [6.45, 7) is 2.30. The van der Waals surface area contributed by atoms with Crippen LogP contribution in [0.2, 0.25) is 0 Å². The van der Waals surface area contributed by atoms with Gasteiger partial charge in [-0.05, 0) is 52.9 Å². The van der Waals surface area contributed by atoms with Gasteiger partial charge in [0.1, 0.15) is 5.01 Å². The quantitative estimate of drug-likeness (QED) is 0.797. The summed E-state index contributed by atoms with van der Waals surface area (Å²) in [6.07, 6.45) is 4.88. The Balaban J connectivity index is 1.91. The van der Waals surface area contributed by atoms with Crippen LogP contribution in [0, 0.1) is 0 Å². The lowest BCUT2D eigenvalue weighted by Gasteiger charge is -2.16. The molecule has 0 spiro atoms. The van der Waals surface area contributed by atoms with Crippen LogP contribution < -0.4 is 5.32 Å². The standard InChI is InChI=1S/C12H21N3S/c1-13-7-3-5-10-9-16-12(14-10)11-6-4-8-15(11)2/h9,11,13H,3-8H2,1-2H3. The van der Waals surface area contributed by atoms with Crippen molar-refractivity contribution in [2.24, 2.45) is 0 Å². The fourth-order valence-corrected chi connectivity index (χ4v) is 3.31. The lowest BCUT2D eigenvalue weighted by molar-refractivity contribution is 0.316. The van der Waals surface area contributed by atoms with Gasteiger partial charge in [0.15, 0.2) is 0 Å². The predicted octanol–water partition coefficient (Wildman–Crippen LogP) is 2.06. The Morgan fingerprint density at radius 3 is 3.19 bits per heavy atom. The summed E-state index contributed by atoms with van der Waals surface area (Å²) in [6, 6.07) is 0.586. The van der Waals surface area contributed by atoms with Gasteiger partial charge in [-0.25, -0.2) is 4.98 Å². The molecule has 1 unspecified atom stereocenters.